The van der Waals surface area contributed by atoms with E-state index in [-0.39, 0.29) is 37.4 Å². The monoisotopic (exact) mass is 342 g/mol. The van der Waals surface area contributed by atoms with E-state index in [1.165, 1.54) is 0 Å². The first-order valence-electron chi connectivity index (χ1n) is 7.80. The van der Waals surface area contributed by atoms with Gasteiger partial charge in [-0.15, -0.1) is 0 Å². The molecule has 0 spiro atoms. The van der Waals surface area contributed by atoms with E-state index < -0.39 is 11.9 Å². The van der Waals surface area contributed by atoms with Gasteiger partial charge in [-0.05, 0) is 31.1 Å². The van der Waals surface area contributed by atoms with Crippen molar-refractivity contribution in [2.45, 2.75) is 30.9 Å². The van der Waals surface area contributed by atoms with Crippen LogP contribution >= 0.6 is 11.8 Å². The van der Waals surface area contributed by atoms with Crippen molar-refractivity contribution in [3.63, 3.8) is 0 Å². The minimum Gasteiger partial charge on any atom is -0.481 e. The third-order valence-corrected chi connectivity index (χ3v) is 5.85. The van der Waals surface area contributed by atoms with Gasteiger partial charge < -0.3 is 14.6 Å². The molecule has 0 amide bonds. The van der Waals surface area contributed by atoms with Crippen LogP contribution in [-0.2, 0) is 23.9 Å². The lowest BCUT2D eigenvalue weighted by molar-refractivity contribution is -0.154. The molecule has 128 valence electrons. The lowest BCUT2D eigenvalue weighted by atomic mass is 9.88. The molecular weight excluding hydrogens is 320 g/mol. The number of fused-ring (bicyclic) bond motifs is 2. The molecule has 0 saturated heterocycles. The summed E-state index contributed by atoms with van der Waals surface area (Å²) in [6.45, 7) is 3.38. The summed E-state index contributed by atoms with van der Waals surface area (Å²) in [5.41, 5.74) is 0. The smallest absolute Gasteiger partial charge is 0.330 e. The second-order valence-corrected chi connectivity index (χ2v) is 7.28. The van der Waals surface area contributed by atoms with Gasteiger partial charge in [0, 0.05) is 17.1 Å². The lowest BCUT2D eigenvalue weighted by Gasteiger charge is -2.27. The molecule has 4 unspecified atom stereocenters. The van der Waals surface area contributed by atoms with Crippen molar-refractivity contribution >= 4 is 29.7 Å². The highest BCUT2D eigenvalue weighted by Gasteiger charge is 2.49. The SMILES string of the molecule is C=CC(=O)OCCOC(=O)C1CC2CC(SCCC(=O)O)C1C2. The van der Waals surface area contributed by atoms with Gasteiger partial charge >= 0.3 is 17.9 Å². The molecule has 0 heterocycles. The van der Waals surface area contributed by atoms with Crippen LogP contribution in [0.15, 0.2) is 12.7 Å². The molecule has 1 N–H and O–H groups in total. The molecule has 6 nitrogen and oxygen atoms in total. The number of thioether (sulfide) groups is 1. The standard InChI is InChI=1S/C16H22O6S/c1-2-15(19)21-4-5-22-16(20)12-8-10-7-11(12)13(9-10)23-6-3-14(17)18/h2,10-13H,1,3-9H2,(H,17,18). The van der Waals surface area contributed by atoms with Crippen LogP contribution in [0.4, 0.5) is 0 Å². The summed E-state index contributed by atoms with van der Waals surface area (Å²) in [7, 11) is 0. The molecule has 0 radical (unpaired) electrons. The molecule has 2 saturated carbocycles. The number of carbonyl (C=O) groups excluding carboxylic acids is 2. The minimum absolute atomic E-state index is 0.0359. The molecule has 23 heavy (non-hydrogen) atoms. The second kappa shape index (κ2) is 8.38. The number of hydrogen-bond acceptors (Lipinski definition) is 6. The van der Waals surface area contributed by atoms with Gasteiger partial charge in [0.1, 0.15) is 13.2 Å². The molecule has 0 aromatic carbocycles. The van der Waals surface area contributed by atoms with Gasteiger partial charge in [0.25, 0.3) is 0 Å². The number of hydrogen-bond donors (Lipinski definition) is 1. The van der Waals surface area contributed by atoms with E-state index in [4.69, 9.17) is 14.6 Å². The maximum absolute atomic E-state index is 12.2. The molecule has 2 aliphatic rings. The first kappa shape index (κ1) is 17.8. The number of ether oxygens (including phenoxy) is 2. The molecule has 0 aromatic heterocycles. The predicted molar refractivity (Wildman–Crippen MR) is 84.9 cm³/mol. The first-order valence-corrected chi connectivity index (χ1v) is 8.85. The average molecular weight is 342 g/mol. The van der Waals surface area contributed by atoms with Gasteiger partial charge in [0.15, 0.2) is 0 Å². The molecule has 0 aromatic rings. The number of aliphatic carboxylic acids is 1. The van der Waals surface area contributed by atoms with Crippen molar-refractivity contribution in [1.82, 2.24) is 0 Å². The maximum Gasteiger partial charge on any atom is 0.330 e. The lowest BCUT2D eigenvalue weighted by Crippen LogP contribution is -2.31. The summed E-state index contributed by atoms with van der Waals surface area (Å²) in [6.07, 6.45) is 4.16. The van der Waals surface area contributed by atoms with Crippen LogP contribution in [0.1, 0.15) is 25.7 Å². The van der Waals surface area contributed by atoms with E-state index >= 15 is 0 Å². The number of esters is 2. The van der Waals surface area contributed by atoms with Gasteiger partial charge in [0.05, 0.1) is 12.3 Å². The minimum atomic E-state index is -0.786. The fraction of sp³-hybridized carbons (Fsp3) is 0.688. The van der Waals surface area contributed by atoms with E-state index in [0.717, 1.165) is 25.3 Å². The van der Waals surface area contributed by atoms with Crippen molar-refractivity contribution in [2.24, 2.45) is 17.8 Å². The molecule has 2 rings (SSSR count). The van der Waals surface area contributed by atoms with Gasteiger partial charge in [-0.1, -0.05) is 6.58 Å². The Morgan fingerprint density at radius 3 is 2.57 bits per heavy atom. The third kappa shape index (κ3) is 4.99. The zero-order valence-electron chi connectivity index (χ0n) is 12.9. The fourth-order valence-corrected chi connectivity index (χ4v) is 5.05. The highest BCUT2D eigenvalue weighted by atomic mass is 32.2. The van der Waals surface area contributed by atoms with Crippen LogP contribution in [-0.4, -0.2) is 47.2 Å². The van der Waals surface area contributed by atoms with Gasteiger partial charge in [-0.3, -0.25) is 9.59 Å². The van der Waals surface area contributed by atoms with E-state index in [9.17, 15) is 14.4 Å². The van der Waals surface area contributed by atoms with E-state index in [0.29, 0.717) is 16.9 Å². The van der Waals surface area contributed by atoms with Crippen LogP contribution in [0.5, 0.6) is 0 Å². The Kier molecular flexibility index (Phi) is 6.50. The van der Waals surface area contributed by atoms with Gasteiger partial charge in [0.2, 0.25) is 0 Å². The average Bonchev–Trinajstić information content (AvgIpc) is 3.10. The molecule has 2 bridgehead atoms. The van der Waals surface area contributed by atoms with Crippen molar-refractivity contribution < 1.29 is 29.0 Å². The quantitative estimate of drug-likeness (QED) is 0.389. The van der Waals surface area contributed by atoms with Crippen LogP contribution in [0.3, 0.4) is 0 Å². The zero-order valence-corrected chi connectivity index (χ0v) is 13.8. The summed E-state index contributed by atoms with van der Waals surface area (Å²) >= 11 is 1.66. The molecule has 7 heteroatoms. The van der Waals surface area contributed by atoms with Crippen LogP contribution in [0.2, 0.25) is 0 Å². The van der Waals surface area contributed by atoms with Crippen molar-refractivity contribution in [2.75, 3.05) is 19.0 Å². The Morgan fingerprint density at radius 2 is 1.91 bits per heavy atom. The summed E-state index contributed by atoms with van der Waals surface area (Å²) in [5, 5.41) is 9.06. The van der Waals surface area contributed by atoms with E-state index in [1.807, 2.05) is 0 Å². The number of rotatable bonds is 9. The van der Waals surface area contributed by atoms with Crippen molar-refractivity contribution in [3.05, 3.63) is 12.7 Å². The number of carboxylic acid groups (broad SMARTS) is 1. The molecule has 2 aliphatic carbocycles. The molecule has 2 fully saturated rings. The number of carboxylic acids is 1. The van der Waals surface area contributed by atoms with Crippen molar-refractivity contribution in [3.8, 4) is 0 Å². The molecule has 0 aliphatic heterocycles. The Bertz CT molecular complexity index is 477. The highest BCUT2D eigenvalue weighted by molar-refractivity contribution is 7.99. The zero-order chi connectivity index (χ0) is 16.8. The Labute approximate surface area is 139 Å². The second-order valence-electron chi connectivity index (χ2n) is 5.94. The summed E-state index contributed by atoms with van der Waals surface area (Å²) in [5.74, 6) is -0.244. The summed E-state index contributed by atoms with van der Waals surface area (Å²) in [6, 6.07) is 0. The van der Waals surface area contributed by atoms with Gasteiger partial charge in [-0.25, -0.2) is 4.79 Å². The largest absolute Gasteiger partial charge is 0.481 e. The molecular formula is C16H22O6S. The highest BCUT2D eigenvalue weighted by Crippen LogP contribution is 2.53. The van der Waals surface area contributed by atoms with E-state index in [2.05, 4.69) is 6.58 Å². The topological polar surface area (TPSA) is 89.9 Å². The molecule has 4 atom stereocenters. The first-order chi connectivity index (χ1) is 11.0. The van der Waals surface area contributed by atoms with Crippen molar-refractivity contribution in [1.29, 1.82) is 0 Å². The van der Waals surface area contributed by atoms with Gasteiger partial charge in [-0.2, -0.15) is 11.8 Å². The number of carbonyl (C=O) groups is 3. The fourth-order valence-electron chi connectivity index (χ4n) is 3.50. The predicted octanol–water partition coefficient (Wildman–Crippen LogP) is 1.88. The Morgan fingerprint density at radius 1 is 1.17 bits per heavy atom. The summed E-state index contributed by atoms with van der Waals surface area (Å²) in [4.78, 5) is 33.7. The third-order valence-electron chi connectivity index (χ3n) is 4.44. The Hall–Kier alpha value is -1.50. The normalized spacial score (nSPS) is 28.3. The van der Waals surface area contributed by atoms with Crippen LogP contribution in [0, 0.1) is 17.8 Å². The van der Waals surface area contributed by atoms with Crippen LogP contribution in [0.25, 0.3) is 0 Å². The van der Waals surface area contributed by atoms with Crippen LogP contribution < -0.4 is 0 Å². The van der Waals surface area contributed by atoms with E-state index in [1.54, 1.807) is 11.8 Å². The Balaban J connectivity index is 1.72. The maximum atomic E-state index is 12.2. The summed E-state index contributed by atoms with van der Waals surface area (Å²) < 4.78 is 9.98.